The van der Waals surface area contributed by atoms with Gasteiger partial charge in [-0.15, -0.1) is 0 Å². The standard InChI is InChI=1S/C60H111O11P/c1-4-7-10-13-16-19-22-24-26-28-30-32-35-38-41-44-47-50-59(63)70-56(52-61)54-68-72(65,66)69-55-57(53-67-58(62)49-46-43-40-37-34-21-18-15-12-9-6-3)71-60(64)51-48-45-42-39-36-33-31-29-27-25-23-20-17-14-11-8-5-2/h8,11,17,20,25,27,56-57,61H,4-7,9-10,12-16,18-19,21-24,26,28-55H2,1-3H3,(H,65,66)/b11-8-,20-17-,27-25-. The topological polar surface area (TPSA) is 155 Å². The van der Waals surface area contributed by atoms with E-state index in [9.17, 15) is 28.9 Å². The molecule has 0 radical (unpaired) electrons. The average Bonchev–Trinajstić information content (AvgIpc) is 3.37. The van der Waals surface area contributed by atoms with Crippen LogP contribution in [0.1, 0.15) is 290 Å². The third kappa shape index (κ3) is 52.6. The van der Waals surface area contributed by atoms with Crippen molar-refractivity contribution in [3.8, 4) is 0 Å². The van der Waals surface area contributed by atoms with Gasteiger partial charge in [-0.3, -0.25) is 23.4 Å². The normalized spacial score (nSPS) is 13.6. The van der Waals surface area contributed by atoms with Crippen LogP contribution in [0.15, 0.2) is 36.5 Å². The Kier molecular flexibility index (Phi) is 53.2. The second-order valence-corrected chi connectivity index (χ2v) is 21.6. The number of hydrogen-bond acceptors (Lipinski definition) is 10. The van der Waals surface area contributed by atoms with Crippen LogP contribution in [0, 0.1) is 0 Å². The molecule has 0 aliphatic heterocycles. The predicted octanol–water partition coefficient (Wildman–Crippen LogP) is 17.6. The van der Waals surface area contributed by atoms with Crippen LogP contribution in [0.3, 0.4) is 0 Å². The lowest BCUT2D eigenvalue weighted by Crippen LogP contribution is -2.30. The van der Waals surface area contributed by atoms with Crippen molar-refractivity contribution in [1.29, 1.82) is 0 Å². The number of phosphoric acid groups is 1. The monoisotopic (exact) mass is 1040 g/mol. The quantitative estimate of drug-likeness (QED) is 0.0197. The summed E-state index contributed by atoms with van der Waals surface area (Å²) in [5, 5.41) is 9.82. The van der Waals surface area contributed by atoms with Crippen LogP contribution in [0.5, 0.6) is 0 Å². The Morgan fingerprint density at radius 3 is 1.11 bits per heavy atom. The number of carbonyl (C=O) groups excluding carboxylic acids is 3. The van der Waals surface area contributed by atoms with Gasteiger partial charge in [0.05, 0.1) is 19.8 Å². The summed E-state index contributed by atoms with van der Waals surface area (Å²) >= 11 is 0. The first-order valence-electron chi connectivity index (χ1n) is 29.9. The SMILES string of the molecule is CC/C=C\C/C=C\C/C=C\CCCCCCCCCC(=O)OC(COC(=O)CCCCCCCCCCCCC)COP(=O)(O)OCC(CO)OC(=O)CCCCCCCCCCCCCCCCCCC. The van der Waals surface area contributed by atoms with E-state index in [1.807, 2.05) is 0 Å². The lowest BCUT2D eigenvalue weighted by molar-refractivity contribution is -0.161. The molecule has 0 aliphatic carbocycles. The number of rotatable bonds is 56. The fourth-order valence-corrected chi connectivity index (χ4v) is 9.33. The summed E-state index contributed by atoms with van der Waals surface area (Å²) in [6, 6.07) is 0. The van der Waals surface area contributed by atoms with Crippen molar-refractivity contribution in [2.45, 2.75) is 303 Å². The molecule has 3 atom stereocenters. The molecule has 0 aromatic carbocycles. The van der Waals surface area contributed by atoms with Gasteiger partial charge < -0.3 is 24.2 Å². The molecule has 0 aromatic rings. The van der Waals surface area contributed by atoms with E-state index in [1.165, 1.54) is 141 Å². The van der Waals surface area contributed by atoms with Crippen LogP contribution in [-0.4, -0.2) is 66.5 Å². The Morgan fingerprint density at radius 2 is 0.722 bits per heavy atom. The lowest BCUT2D eigenvalue weighted by atomic mass is 10.0. The minimum absolute atomic E-state index is 0.160. The highest BCUT2D eigenvalue weighted by Gasteiger charge is 2.28. The Bertz CT molecular complexity index is 1350. The molecule has 0 aliphatic rings. The zero-order chi connectivity index (χ0) is 52.7. The van der Waals surface area contributed by atoms with Gasteiger partial charge in [-0.2, -0.15) is 0 Å². The van der Waals surface area contributed by atoms with Gasteiger partial charge in [0.1, 0.15) is 12.7 Å². The molecule has 0 spiro atoms. The van der Waals surface area contributed by atoms with Gasteiger partial charge in [0, 0.05) is 19.3 Å². The van der Waals surface area contributed by atoms with Gasteiger partial charge in [0.25, 0.3) is 0 Å². The zero-order valence-electron chi connectivity index (χ0n) is 46.7. The second-order valence-electron chi connectivity index (χ2n) is 20.1. The molecular weight excluding hydrogens is 928 g/mol. The largest absolute Gasteiger partial charge is 0.472 e. The van der Waals surface area contributed by atoms with E-state index in [2.05, 4.69) is 57.2 Å². The number of aliphatic hydroxyl groups excluding tert-OH is 1. The average molecular weight is 1040 g/mol. The number of esters is 3. The first-order chi connectivity index (χ1) is 35.2. The summed E-state index contributed by atoms with van der Waals surface area (Å²) in [5.74, 6) is -1.45. The van der Waals surface area contributed by atoms with Crippen molar-refractivity contribution >= 4 is 25.7 Å². The fourth-order valence-electron chi connectivity index (χ4n) is 8.55. The molecule has 11 nitrogen and oxygen atoms in total. The predicted molar refractivity (Wildman–Crippen MR) is 298 cm³/mol. The van der Waals surface area contributed by atoms with Crippen molar-refractivity contribution in [3.05, 3.63) is 36.5 Å². The number of carbonyl (C=O) groups is 3. The number of phosphoric ester groups is 1. The van der Waals surface area contributed by atoms with Crippen molar-refractivity contribution < 1.29 is 52.2 Å². The van der Waals surface area contributed by atoms with Crippen molar-refractivity contribution in [2.75, 3.05) is 26.4 Å². The molecule has 0 saturated carbocycles. The van der Waals surface area contributed by atoms with Crippen LogP contribution in [-0.2, 0) is 42.2 Å². The third-order valence-electron chi connectivity index (χ3n) is 13.1. The number of hydrogen-bond donors (Lipinski definition) is 2. The van der Waals surface area contributed by atoms with Gasteiger partial charge in [-0.25, -0.2) is 4.57 Å². The highest BCUT2D eigenvalue weighted by molar-refractivity contribution is 7.47. The molecule has 12 heteroatoms. The van der Waals surface area contributed by atoms with E-state index in [0.29, 0.717) is 19.3 Å². The van der Waals surface area contributed by atoms with Crippen LogP contribution in [0.2, 0.25) is 0 Å². The van der Waals surface area contributed by atoms with Crippen molar-refractivity contribution in [1.82, 2.24) is 0 Å². The Morgan fingerprint density at radius 1 is 0.403 bits per heavy atom. The molecule has 0 rings (SSSR count). The zero-order valence-corrected chi connectivity index (χ0v) is 47.6. The molecule has 0 heterocycles. The van der Waals surface area contributed by atoms with Gasteiger partial charge in [-0.05, 0) is 51.4 Å². The van der Waals surface area contributed by atoms with Crippen LogP contribution in [0.25, 0.3) is 0 Å². The van der Waals surface area contributed by atoms with Gasteiger partial charge >= 0.3 is 25.7 Å². The second kappa shape index (κ2) is 54.9. The maximum atomic E-state index is 12.9. The summed E-state index contributed by atoms with van der Waals surface area (Å²) in [6.07, 6.45) is 56.7. The van der Waals surface area contributed by atoms with Crippen LogP contribution < -0.4 is 0 Å². The molecule has 0 aromatic heterocycles. The van der Waals surface area contributed by atoms with Crippen molar-refractivity contribution in [2.24, 2.45) is 0 Å². The summed E-state index contributed by atoms with van der Waals surface area (Å²) in [7, 11) is -4.74. The molecular formula is C60H111O11P. The Labute approximate surface area is 441 Å². The molecule has 0 saturated heterocycles. The molecule has 0 amide bonds. The van der Waals surface area contributed by atoms with Crippen LogP contribution in [0.4, 0.5) is 0 Å². The third-order valence-corrected chi connectivity index (χ3v) is 14.0. The molecule has 3 unspecified atom stereocenters. The fraction of sp³-hybridized carbons (Fsp3) is 0.850. The molecule has 0 fully saturated rings. The molecule has 422 valence electrons. The van der Waals surface area contributed by atoms with E-state index in [4.69, 9.17) is 23.3 Å². The highest BCUT2D eigenvalue weighted by atomic mass is 31.2. The van der Waals surface area contributed by atoms with Crippen LogP contribution >= 0.6 is 7.82 Å². The summed E-state index contributed by atoms with van der Waals surface area (Å²) < 4.78 is 39.5. The smallest absolute Gasteiger partial charge is 0.462 e. The number of unbranched alkanes of at least 4 members (excludes halogenated alkanes) is 33. The van der Waals surface area contributed by atoms with E-state index in [-0.39, 0.29) is 25.9 Å². The maximum Gasteiger partial charge on any atom is 0.472 e. The van der Waals surface area contributed by atoms with E-state index >= 15 is 0 Å². The Hall–Kier alpha value is -2.30. The van der Waals surface area contributed by atoms with Gasteiger partial charge in [0.2, 0.25) is 0 Å². The summed E-state index contributed by atoms with van der Waals surface area (Å²) in [6.45, 7) is 4.57. The first-order valence-corrected chi connectivity index (χ1v) is 31.4. The van der Waals surface area contributed by atoms with E-state index in [0.717, 1.165) is 89.9 Å². The minimum atomic E-state index is -4.74. The summed E-state index contributed by atoms with van der Waals surface area (Å²) in [4.78, 5) is 48.5. The number of aliphatic hydroxyl groups is 1. The van der Waals surface area contributed by atoms with Gasteiger partial charge in [-0.1, -0.05) is 256 Å². The highest BCUT2D eigenvalue weighted by Crippen LogP contribution is 2.43. The van der Waals surface area contributed by atoms with E-state index in [1.54, 1.807) is 0 Å². The number of ether oxygens (including phenoxy) is 3. The molecule has 2 N–H and O–H groups in total. The van der Waals surface area contributed by atoms with Gasteiger partial charge in [0.15, 0.2) is 6.10 Å². The summed E-state index contributed by atoms with van der Waals surface area (Å²) in [5.41, 5.74) is 0. The van der Waals surface area contributed by atoms with Crippen molar-refractivity contribution in [3.63, 3.8) is 0 Å². The first kappa shape index (κ1) is 69.7. The molecule has 72 heavy (non-hydrogen) atoms. The lowest BCUT2D eigenvalue weighted by Gasteiger charge is -2.21. The number of allylic oxidation sites excluding steroid dienone is 6. The Balaban J connectivity index is 4.63. The van der Waals surface area contributed by atoms with E-state index < -0.39 is 57.8 Å². The molecule has 0 bridgehead atoms. The minimum Gasteiger partial charge on any atom is -0.462 e. The maximum absolute atomic E-state index is 12.9.